The number of hydrogen-bond donors (Lipinski definition) is 2. The molecule has 0 unspecified atom stereocenters. The van der Waals surface area contributed by atoms with Gasteiger partial charge >= 0.3 is 0 Å². The lowest BCUT2D eigenvalue weighted by atomic mass is 10.2. The number of carbonyl (C=O) groups is 1. The predicted octanol–water partition coefficient (Wildman–Crippen LogP) is 3.43. The number of anilines is 1. The molecule has 3 aromatic rings. The largest absolute Gasteiger partial charge is 0.351 e. The van der Waals surface area contributed by atoms with Crippen LogP contribution in [0.3, 0.4) is 0 Å². The first-order chi connectivity index (χ1) is 10.2. The van der Waals surface area contributed by atoms with Gasteiger partial charge in [0.15, 0.2) is 0 Å². The zero-order valence-electron chi connectivity index (χ0n) is 10.9. The van der Waals surface area contributed by atoms with Crippen LogP contribution in [0.25, 0.3) is 10.9 Å². The topological polar surface area (TPSA) is 68.7 Å². The Balaban J connectivity index is 1.93. The molecule has 2 N–H and O–H groups in total. The molecule has 1 heterocycles. The lowest BCUT2D eigenvalue weighted by Gasteiger charge is -2.06. The molecule has 5 heteroatoms. The van der Waals surface area contributed by atoms with Gasteiger partial charge in [-0.15, -0.1) is 0 Å². The Morgan fingerprint density at radius 3 is 2.76 bits per heavy atom. The van der Waals surface area contributed by atoms with Gasteiger partial charge in [-0.3, -0.25) is 4.79 Å². The smallest absolute Gasteiger partial charge is 0.272 e. The molecule has 0 atom stereocenters. The molecule has 3 rings (SSSR count). The molecular weight excluding hydrogens is 269 g/mol. The maximum Gasteiger partial charge on any atom is 0.272 e. The molecule has 0 aliphatic rings. The molecule has 0 saturated heterocycles. The summed E-state index contributed by atoms with van der Waals surface area (Å²) < 4.78 is 13.5. The van der Waals surface area contributed by atoms with E-state index in [-0.39, 0.29) is 11.3 Å². The van der Waals surface area contributed by atoms with E-state index in [4.69, 9.17) is 5.26 Å². The van der Waals surface area contributed by atoms with Crippen LogP contribution in [-0.2, 0) is 0 Å². The molecule has 0 aliphatic heterocycles. The van der Waals surface area contributed by atoms with Crippen LogP contribution < -0.4 is 5.32 Å². The quantitative estimate of drug-likeness (QED) is 0.754. The fourth-order valence-corrected chi connectivity index (χ4v) is 2.13. The third kappa shape index (κ3) is 2.35. The van der Waals surface area contributed by atoms with Crippen LogP contribution in [0.5, 0.6) is 0 Å². The first kappa shape index (κ1) is 12.9. The van der Waals surface area contributed by atoms with E-state index >= 15 is 0 Å². The van der Waals surface area contributed by atoms with Crippen LogP contribution >= 0.6 is 0 Å². The Kier molecular flexibility index (Phi) is 3.13. The number of nitrogens with zero attached hydrogens (tertiary/aromatic N) is 1. The van der Waals surface area contributed by atoms with Gasteiger partial charge in [0, 0.05) is 10.9 Å². The monoisotopic (exact) mass is 279 g/mol. The van der Waals surface area contributed by atoms with Crippen LogP contribution in [-0.4, -0.2) is 10.9 Å². The molecule has 1 aromatic heterocycles. The van der Waals surface area contributed by atoms with Crippen molar-refractivity contribution in [2.75, 3.05) is 5.32 Å². The highest BCUT2D eigenvalue weighted by Gasteiger charge is 2.13. The summed E-state index contributed by atoms with van der Waals surface area (Å²) in [7, 11) is 0. The van der Waals surface area contributed by atoms with Crippen molar-refractivity contribution in [2.45, 2.75) is 0 Å². The number of fused-ring (bicyclic) bond motifs is 1. The molecule has 102 valence electrons. The molecule has 2 aromatic carbocycles. The number of amides is 1. The molecule has 1 amide bonds. The van der Waals surface area contributed by atoms with E-state index in [0.717, 1.165) is 10.9 Å². The highest BCUT2D eigenvalue weighted by Crippen LogP contribution is 2.20. The van der Waals surface area contributed by atoms with E-state index in [1.54, 1.807) is 12.1 Å². The van der Waals surface area contributed by atoms with Crippen molar-refractivity contribution in [3.05, 3.63) is 65.6 Å². The lowest BCUT2D eigenvalue weighted by molar-refractivity contribution is 0.102. The summed E-state index contributed by atoms with van der Waals surface area (Å²) >= 11 is 0. The first-order valence-electron chi connectivity index (χ1n) is 6.27. The Bertz CT molecular complexity index is 844. The summed E-state index contributed by atoms with van der Waals surface area (Å²) in [5.74, 6) is -1.08. The number of nitrogens with one attached hydrogen (secondary N) is 2. The SMILES string of the molecule is N#Cc1c(F)cccc1NC(=O)c1cc2ccccc2[nH]1. The number of hydrogen-bond acceptors (Lipinski definition) is 2. The van der Waals surface area contributed by atoms with Crippen molar-refractivity contribution < 1.29 is 9.18 Å². The normalized spacial score (nSPS) is 10.3. The summed E-state index contributed by atoms with van der Waals surface area (Å²) in [6.07, 6.45) is 0. The molecule has 0 fully saturated rings. The van der Waals surface area contributed by atoms with Gasteiger partial charge in [-0.25, -0.2) is 4.39 Å². The van der Waals surface area contributed by atoms with Crippen molar-refractivity contribution in [3.63, 3.8) is 0 Å². The Labute approximate surface area is 119 Å². The zero-order valence-corrected chi connectivity index (χ0v) is 10.9. The third-order valence-electron chi connectivity index (χ3n) is 3.15. The van der Waals surface area contributed by atoms with Gasteiger partial charge < -0.3 is 10.3 Å². The van der Waals surface area contributed by atoms with Crippen LogP contribution in [0.4, 0.5) is 10.1 Å². The summed E-state index contributed by atoms with van der Waals surface area (Å²) in [6.45, 7) is 0. The van der Waals surface area contributed by atoms with Crippen LogP contribution in [0.15, 0.2) is 48.5 Å². The second-order valence-electron chi connectivity index (χ2n) is 4.50. The highest BCUT2D eigenvalue weighted by atomic mass is 19.1. The van der Waals surface area contributed by atoms with E-state index in [0.29, 0.717) is 5.69 Å². The number of benzene rings is 2. The van der Waals surface area contributed by atoms with Crippen molar-refractivity contribution in [2.24, 2.45) is 0 Å². The fraction of sp³-hybridized carbons (Fsp3) is 0. The van der Waals surface area contributed by atoms with Gasteiger partial charge in [-0.05, 0) is 24.3 Å². The lowest BCUT2D eigenvalue weighted by Crippen LogP contribution is -2.13. The molecular formula is C16H10FN3O. The predicted molar refractivity (Wildman–Crippen MR) is 77.4 cm³/mol. The van der Waals surface area contributed by atoms with Gasteiger partial charge in [0.1, 0.15) is 23.1 Å². The van der Waals surface area contributed by atoms with E-state index in [1.807, 2.05) is 24.3 Å². The molecule has 0 aliphatic carbocycles. The molecule has 0 spiro atoms. The number of rotatable bonds is 2. The minimum absolute atomic E-state index is 0.154. The maximum atomic E-state index is 13.5. The van der Waals surface area contributed by atoms with E-state index in [9.17, 15) is 9.18 Å². The van der Waals surface area contributed by atoms with Gasteiger partial charge in [-0.2, -0.15) is 5.26 Å². The molecule has 21 heavy (non-hydrogen) atoms. The first-order valence-corrected chi connectivity index (χ1v) is 6.27. The van der Waals surface area contributed by atoms with E-state index < -0.39 is 11.7 Å². The molecule has 4 nitrogen and oxygen atoms in total. The number of carbonyl (C=O) groups excluding carboxylic acids is 1. The average Bonchev–Trinajstić information content (AvgIpc) is 2.91. The van der Waals surface area contributed by atoms with Crippen molar-refractivity contribution in [1.29, 1.82) is 5.26 Å². The summed E-state index contributed by atoms with van der Waals surface area (Å²) in [6, 6.07) is 15.0. The molecule has 0 radical (unpaired) electrons. The third-order valence-corrected chi connectivity index (χ3v) is 3.15. The average molecular weight is 279 g/mol. The number of aromatic nitrogens is 1. The summed E-state index contributed by atoms with van der Waals surface area (Å²) in [4.78, 5) is 15.2. The highest BCUT2D eigenvalue weighted by molar-refractivity contribution is 6.06. The number of H-pyrrole nitrogens is 1. The Morgan fingerprint density at radius 1 is 1.19 bits per heavy atom. The second-order valence-corrected chi connectivity index (χ2v) is 4.50. The Morgan fingerprint density at radius 2 is 2.00 bits per heavy atom. The van der Waals surface area contributed by atoms with E-state index in [2.05, 4.69) is 10.3 Å². The van der Waals surface area contributed by atoms with Gasteiger partial charge in [0.05, 0.1) is 5.69 Å². The molecule has 0 bridgehead atoms. The fourth-order valence-electron chi connectivity index (χ4n) is 2.13. The maximum absolute atomic E-state index is 13.5. The minimum atomic E-state index is -0.660. The van der Waals surface area contributed by atoms with Crippen molar-refractivity contribution >= 4 is 22.5 Å². The van der Waals surface area contributed by atoms with E-state index in [1.165, 1.54) is 18.2 Å². The number of halogens is 1. The zero-order chi connectivity index (χ0) is 14.8. The van der Waals surface area contributed by atoms with Gasteiger partial charge in [0.25, 0.3) is 5.91 Å². The minimum Gasteiger partial charge on any atom is -0.351 e. The number of aromatic amines is 1. The Hall–Kier alpha value is -3.13. The summed E-state index contributed by atoms with van der Waals surface area (Å²) in [5.41, 5.74) is 1.16. The van der Waals surface area contributed by atoms with Crippen molar-refractivity contribution in [3.8, 4) is 6.07 Å². The number of para-hydroxylation sites is 1. The van der Waals surface area contributed by atoms with Crippen molar-refractivity contribution in [1.82, 2.24) is 4.98 Å². The van der Waals surface area contributed by atoms with Crippen LogP contribution in [0.1, 0.15) is 16.1 Å². The number of nitriles is 1. The second kappa shape index (κ2) is 5.10. The van der Waals surface area contributed by atoms with Crippen LogP contribution in [0, 0.1) is 17.1 Å². The summed E-state index contributed by atoms with van der Waals surface area (Å²) in [5, 5.41) is 12.4. The standard InChI is InChI=1S/C16H10FN3O/c17-12-5-3-7-14(11(12)9-18)20-16(21)15-8-10-4-1-2-6-13(10)19-15/h1-8,19H,(H,20,21). The van der Waals surface area contributed by atoms with Crippen LogP contribution in [0.2, 0.25) is 0 Å². The molecule has 0 saturated carbocycles. The van der Waals surface area contributed by atoms with Gasteiger partial charge in [0.2, 0.25) is 0 Å². The van der Waals surface area contributed by atoms with Gasteiger partial charge in [-0.1, -0.05) is 24.3 Å².